The summed E-state index contributed by atoms with van der Waals surface area (Å²) in [5, 5.41) is 50.9. The van der Waals surface area contributed by atoms with Crippen LogP contribution in [-0.2, 0) is 0 Å². The maximum Gasteiger partial charge on any atom is 0.0558 e. The Hall–Kier alpha value is -0.320. The van der Waals surface area contributed by atoms with Gasteiger partial charge in [-0.15, -0.1) is 0 Å². The minimum atomic E-state index is 0.0694. The van der Waals surface area contributed by atoms with Gasteiger partial charge >= 0.3 is 0 Å². The molecule has 20 heavy (non-hydrogen) atoms. The smallest absolute Gasteiger partial charge is 0.0558 e. The summed E-state index contributed by atoms with van der Waals surface area (Å²) in [4.78, 5) is 3.58. The van der Waals surface area contributed by atoms with Gasteiger partial charge in [-0.1, -0.05) is 0 Å². The van der Waals surface area contributed by atoms with Gasteiger partial charge in [0.1, 0.15) is 0 Å². The molecule has 0 aromatic heterocycles. The maximum atomic E-state index is 8.48. The molecule has 0 aromatic rings. The van der Waals surface area contributed by atoms with E-state index < -0.39 is 0 Å². The SMILES string of the molecule is OCCN(CCO)CCO.OCCN(CCO)CCO. The van der Waals surface area contributed by atoms with Crippen LogP contribution in [0.1, 0.15) is 0 Å². The third-order valence-corrected chi connectivity index (χ3v) is 2.50. The van der Waals surface area contributed by atoms with Gasteiger partial charge in [-0.2, -0.15) is 0 Å². The van der Waals surface area contributed by atoms with Gasteiger partial charge in [-0.3, -0.25) is 9.80 Å². The summed E-state index contributed by atoms with van der Waals surface area (Å²) in [6.45, 7) is 3.51. The number of aliphatic hydroxyl groups excluding tert-OH is 6. The molecule has 0 radical (unpaired) electrons. The lowest BCUT2D eigenvalue weighted by Gasteiger charge is -2.17. The van der Waals surface area contributed by atoms with E-state index >= 15 is 0 Å². The van der Waals surface area contributed by atoms with Gasteiger partial charge in [-0.25, -0.2) is 0 Å². The molecule has 0 aliphatic carbocycles. The van der Waals surface area contributed by atoms with Crippen molar-refractivity contribution in [2.24, 2.45) is 0 Å². The van der Waals surface area contributed by atoms with Gasteiger partial charge in [0.05, 0.1) is 39.6 Å². The topological polar surface area (TPSA) is 128 Å². The van der Waals surface area contributed by atoms with Gasteiger partial charge in [0.15, 0.2) is 0 Å². The Bertz CT molecular complexity index is 129. The zero-order chi connectivity index (χ0) is 15.6. The Morgan fingerprint density at radius 2 is 0.500 bits per heavy atom. The normalized spacial score (nSPS) is 10.8. The lowest BCUT2D eigenvalue weighted by molar-refractivity contribution is 0.136. The average Bonchev–Trinajstić information content (AvgIpc) is 2.41. The van der Waals surface area contributed by atoms with Crippen molar-refractivity contribution < 1.29 is 30.6 Å². The molecule has 0 heterocycles. The highest BCUT2D eigenvalue weighted by Crippen LogP contribution is 1.84. The maximum absolute atomic E-state index is 8.48. The van der Waals surface area contributed by atoms with Crippen molar-refractivity contribution in [3.05, 3.63) is 0 Å². The van der Waals surface area contributed by atoms with E-state index in [-0.39, 0.29) is 39.6 Å². The summed E-state index contributed by atoms with van der Waals surface area (Å²) in [5.74, 6) is 0. The lowest BCUT2D eigenvalue weighted by atomic mass is 10.4. The van der Waals surface area contributed by atoms with Crippen LogP contribution in [0.25, 0.3) is 0 Å². The van der Waals surface area contributed by atoms with Crippen molar-refractivity contribution in [2.75, 3.05) is 78.9 Å². The predicted molar refractivity (Wildman–Crippen MR) is 75.4 cm³/mol. The van der Waals surface area contributed by atoms with Gasteiger partial charge < -0.3 is 30.6 Å². The van der Waals surface area contributed by atoms with Crippen LogP contribution in [-0.4, -0.2) is 119 Å². The second kappa shape index (κ2) is 18.7. The molecule has 0 rings (SSSR count). The number of aliphatic hydroxyl groups is 6. The molecule has 0 bridgehead atoms. The Labute approximate surface area is 120 Å². The molecular weight excluding hydrogens is 268 g/mol. The van der Waals surface area contributed by atoms with Gasteiger partial charge in [0, 0.05) is 39.3 Å². The second-order valence-corrected chi connectivity index (χ2v) is 4.02. The van der Waals surface area contributed by atoms with Crippen molar-refractivity contribution in [3.63, 3.8) is 0 Å². The number of nitrogens with zero attached hydrogens (tertiary/aromatic N) is 2. The van der Waals surface area contributed by atoms with E-state index in [0.29, 0.717) is 39.3 Å². The molecule has 0 fully saturated rings. The van der Waals surface area contributed by atoms with Crippen LogP contribution in [0.3, 0.4) is 0 Å². The lowest BCUT2D eigenvalue weighted by Crippen LogP contribution is -2.32. The zero-order valence-electron chi connectivity index (χ0n) is 12.1. The molecule has 0 atom stereocenters. The van der Waals surface area contributed by atoms with Crippen molar-refractivity contribution in [1.29, 1.82) is 0 Å². The molecule has 6 N–H and O–H groups in total. The Balaban J connectivity index is 0. The van der Waals surface area contributed by atoms with Crippen LogP contribution in [0.2, 0.25) is 0 Å². The molecule has 0 aliphatic rings. The van der Waals surface area contributed by atoms with Gasteiger partial charge in [-0.05, 0) is 0 Å². The summed E-state index contributed by atoms with van der Waals surface area (Å²) in [7, 11) is 0. The third kappa shape index (κ3) is 15.7. The standard InChI is InChI=1S/2C6H15NO3/c2*8-4-1-7(2-5-9)3-6-10/h2*8-10H,1-6H2. The highest BCUT2D eigenvalue weighted by Gasteiger charge is 2.00. The summed E-state index contributed by atoms with van der Waals surface area (Å²) in [6, 6.07) is 0. The molecule has 0 saturated heterocycles. The summed E-state index contributed by atoms with van der Waals surface area (Å²) in [6.07, 6.45) is 0. The summed E-state index contributed by atoms with van der Waals surface area (Å²) in [5.41, 5.74) is 0. The van der Waals surface area contributed by atoms with Gasteiger partial charge in [0.2, 0.25) is 0 Å². The van der Waals surface area contributed by atoms with E-state index in [9.17, 15) is 0 Å². The molecule has 8 heteroatoms. The number of hydrogen-bond donors (Lipinski definition) is 6. The first kappa shape index (κ1) is 22.0. The van der Waals surface area contributed by atoms with Gasteiger partial charge in [0.25, 0.3) is 0 Å². The third-order valence-electron chi connectivity index (χ3n) is 2.50. The first-order valence-electron chi connectivity index (χ1n) is 6.79. The largest absolute Gasteiger partial charge is 0.395 e. The number of rotatable bonds is 12. The van der Waals surface area contributed by atoms with Crippen LogP contribution >= 0.6 is 0 Å². The first-order valence-corrected chi connectivity index (χ1v) is 6.79. The number of hydrogen-bond acceptors (Lipinski definition) is 8. The first-order chi connectivity index (χ1) is 9.69. The van der Waals surface area contributed by atoms with E-state index in [2.05, 4.69) is 0 Å². The highest BCUT2D eigenvalue weighted by atomic mass is 16.3. The Morgan fingerprint density at radius 3 is 0.600 bits per heavy atom. The molecule has 0 aliphatic heterocycles. The molecule has 0 aromatic carbocycles. The van der Waals surface area contributed by atoms with Crippen molar-refractivity contribution in [1.82, 2.24) is 9.80 Å². The summed E-state index contributed by atoms with van der Waals surface area (Å²) >= 11 is 0. The fourth-order valence-corrected chi connectivity index (χ4v) is 1.52. The monoisotopic (exact) mass is 298 g/mol. The van der Waals surface area contributed by atoms with E-state index in [1.54, 1.807) is 9.80 Å². The highest BCUT2D eigenvalue weighted by molar-refractivity contribution is 4.54. The molecule has 0 amide bonds. The van der Waals surface area contributed by atoms with Crippen LogP contribution < -0.4 is 0 Å². The minimum Gasteiger partial charge on any atom is -0.395 e. The fraction of sp³-hybridized carbons (Fsp3) is 1.00. The Morgan fingerprint density at radius 1 is 0.350 bits per heavy atom. The quantitative estimate of drug-likeness (QED) is 0.219. The van der Waals surface area contributed by atoms with E-state index in [4.69, 9.17) is 30.6 Å². The molecule has 0 saturated carbocycles. The molecular formula is C12H30N2O6. The van der Waals surface area contributed by atoms with E-state index in [1.165, 1.54) is 0 Å². The molecule has 124 valence electrons. The predicted octanol–water partition coefficient (Wildman–Crippen LogP) is -3.47. The second-order valence-electron chi connectivity index (χ2n) is 4.02. The van der Waals surface area contributed by atoms with Crippen LogP contribution in [0.5, 0.6) is 0 Å². The van der Waals surface area contributed by atoms with E-state index in [1.807, 2.05) is 0 Å². The minimum absolute atomic E-state index is 0.0694. The zero-order valence-corrected chi connectivity index (χ0v) is 12.1. The van der Waals surface area contributed by atoms with Crippen LogP contribution in [0.15, 0.2) is 0 Å². The van der Waals surface area contributed by atoms with Crippen LogP contribution in [0, 0.1) is 0 Å². The van der Waals surface area contributed by atoms with Crippen molar-refractivity contribution >= 4 is 0 Å². The molecule has 0 spiro atoms. The van der Waals surface area contributed by atoms with Crippen molar-refractivity contribution in [2.45, 2.75) is 0 Å². The average molecular weight is 298 g/mol. The summed E-state index contributed by atoms with van der Waals surface area (Å²) < 4.78 is 0. The Kier molecular flexibility index (Phi) is 20.5. The van der Waals surface area contributed by atoms with Crippen molar-refractivity contribution in [3.8, 4) is 0 Å². The van der Waals surface area contributed by atoms with E-state index in [0.717, 1.165) is 0 Å². The fourth-order valence-electron chi connectivity index (χ4n) is 1.52. The molecule has 8 nitrogen and oxygen atoms in total. The van der Waals surface area contributed by atoms with Crippen LogP contribution in [0.4, 0.5) is 0 Å². The molecule has 0 unspecified atom stereocenters.